The minimum absolute atomic E-state index is 0.00553. The number of likely N-dealkylation sites (N-methyl/N-ethyl adjacent to an activating group) is 1. The summed E-state index contributed by atoms with van der Waals surface area (Å²) < 4.78 is 5.88. The SMILES string of the molecule is CN1C(=O)[C@H](NC(=O)C2=NC(Cc3ccccc3)C=N2)COc2ccc(CCC(=O)CC3CC3)cc21. The van der Waals surface area contributed by atoms with Crippen LogP contribution in [0.4, 0.5) is 5.69 Å². The molecule has 1 saturated carbocycles. The summed E-state index contributed by atoms with van der Waals surface area (Å²) in [5.41, 5.74) is 2.71. The molecule has 0 spiro atoms. The van der Waals surface area contributed by atoms with Gasteiger partial charge in [0.1, 0.15) is 24.2 Å². The van der Waals surface area contributed by atoms with Crippen molar-refractivity contribution in [1.29, 1.82) is 0 Å². The highest BCUT2D eigenvalue weighted by Gasteiger charge is 2.32. The van der Waals surface area contributed by atoms with Gasteiger partial charge in [-0.05, 0) is 54.9 Å². The third-order valence-corrected chi connectivity index (χ3v) is 6.78. The van der Waals surface area contributed by atoms with Crippen LogP contribution in [0.15, 0.2) is 58.5 Å². The Morgan fingerprint density at radius 1 is 1.11 bits per heavy atom. The molecule has 1 unspecified atom stereocenters. The van der Waals surface area contributed by atoms with Crippen LogP contribution in [-0.4, -0.2) is 55.4 Å². The van der Waals surface area contributed by atoms with Gasteiger partial charge in [-0.25, -0.2) is 4.99 Å². The monoisotopic (exact) mass is 486 g/mol. The molecule has 1 N–H and O–H groups in total. The number of rotatable bonds is 9. The van der Waals surface area contributed by atoms with E-state index in [4.69, 9.17) is 4.74 Å². The molecule has 1 aliphatic carbocycles. The van der Waals surface area contributed by atoms with E-state index in [1.807, 2.05) is 48.5 Å². The highest BCUT2D eigenvalue weighted by molar-refractivity contribution is 6.41. The van der Waals surface area contributed by atoms with E-state index in [0.717, 1.165) is 11.1 Å². The Labute approximate surface area is 210 Å². The molecule has 5 rings (SSSR count). The van der Waals surface area contributed by atoms with Crippen molar-refractivity contribution in [2.24, 2.45) is 15.9 Å². The molecule has 8 heteroatoms. The summed E-state index contributed by atoms with van der Waals surface area (Å²) in [4.78, 5) is 48.2. The topological polar surface area (TPSA) is 100 Å². The van der Waals surface area contributed by atoms with E-state index in [9.17, 15) is 14.4 Å². The predicted molar refractivity (Wildman–Crippen MR) is 138 cm³/mol. The standard InChI is InChI=1S/C28H30N4O4/c1-32-24-15-20(9-11-22(33)14-19-7-8-19)10-12-25(24)36-17-23(28(32)35)31-27(34)26-29-16-21(30-26)13-18-5-3-2-4-6-18/h2-6,10,12,15-16,19,21,23H,7-9,11,13-14,17H2,1H3,(H,31,34)/t21?,23-/m1/s1. The van der Waals surface area contributed by atoms with Crippen LogP contribution in [0.1, 0.15) is 36.8 Å². The first-order chi connectivity index (χ1) is 17.5. The molecular weight excluding hydrogens is 456 g/mol. The normalized spacial score (nSPS) is 20.9. The number of ether oxygens (including phenoxy) is 1. The van der Waals surface area contributed by atoms with Crippen LogP contribution in [0.2, 0.25) is 0 Å². The van der Waals surface area contributed by atoms with Crippen LogP contribution in [-0.2, 0) is 27.2 Å². The highest BCUT2D eigenvalue weighted by Crippen LogP contribution is 2.34. The van der Waals surface area contributed by atoms with Gasteiger partial charge in [0.25, 0.3) is 11.8 Å². The molecule has 186 valence electrons. The fraction of sp³-hybridized carbons (Fsp3) is 0.393. The third kappa shape index (κ3) is 5.70. The van der Waals surface area contributed by atoms with E-state index >= 15 is 0 Å². The van der Waals surface area contributed by atoms with Crippen LogP contribution < -0.4 is 15.0 Å². The number of nitrogens with zero attached hydrogens (tertiary/aromatic N) is 3. The zero-order chi connectivity index (χ0) is 25.1. The van der Waals surface area contributed by atoms with E-state index in [1.54, 1.807) is 13.3 Å². The van der Waals surface area contributed by atoms with Gasteiger partial charge in [-0.3, -0.25) is 19.4 Å². The van der Waals surface area contributed by atoms with Crippen molar-refractivity contribution in [2.45, 2.75) is 50.6 Å². The van der Waals surface area contributed by atoms with Crippen molar-refractivity contribution in [3.63, 3.8) is 0 Å². The first-order valence-corrected chi connectivity index (χ1v) is 12.5. The fourth-order valence-electron chi connectivity index (χ4n) is 4.51. The maximum absolute atomic E-state index is 13.2. The molecule has 2 aliphatic heterocycles. The van der Waals surface area contributed by atoms with Gasteiger partial charge in [-0.15, -0.1) is 0 Å². The van der Waals surface area contributed by atoms with E-state index in [-0.39, 0.29) is 24.4 Å². The molecule has 2 atom stereocenters. The number of Topliss-reactive ketones (excluding diaryl/α,β-unsaturated/α-hetero) is 1. The van der Waals surface area contributed by atoms with E-state index in [2.05, 4.69) is 15.3 Å². The number of amidine groups is 1. The molecule has 2 amide bonds. The molecule has 36 heavy (non-hydrogen) atoms. The Hall–Kier alpha value is -3.81. The average Bonchev–Trinajstić information content (AvgIpc) is 3.60. The van der Waals surface area contributed by atoms with Crippen LogP contribution in [0, 0.1) is 5.92 Å². The van der Waals surface area contributed by atoms with Crippen LogP contribution in [0.5, 0.6) is 5.75 Å². The average molecular weight is 487 g/mol. The van der Waals surface area contributed by atoms with Crippen molar-refractivity contribution in [3.05, 3.63) is 59.7 Å². The molecule has 2 heterocycles. The summed E-state index contributed by atoms with van der Waals surface area (Å²) >= 11 is 0. The maximum atomic E-state index is 13.2. The maximum Gasteiger partial charge on any atom is 0.289 e. The van der Waals surface area contributed by atoms with Crippen molar-refractivity contribution < 1.29 is 19.1 Å². The van der Waals surface area contributed by atoms with Crippen molar-refractivity contribution in [3.8, 4) is 5.75 Å². The molecule has 0 radical (unpaired) electrons. The largest absolute Gasteiger partial charge is 0.489 e. The number of amides is 2. The molecular formula is C28H30N4O4. The minimum Gasteiger partial charge on any atom is -0.489 e. The predicted octanol–water partition coefficient (Wildman–Crippen LogP) is 2.92. The number of nitrogens with one attached hydrogen (secondary N) is 1. The first-order valence-electron chi connectivity index (χ1n) is 12.5. The van der Waals surface area contributed by atoms with E-state index in [0.29, 0.717) is 48.8 Å². The molecule has 3 aliphatic rings. The second-order valence-corrected chi connectivity index (χ2v) is 9.71. The summed E-state index contributed by atoms with van der Waals surface area (Å²) in [6.45, 7) is 0.00553. The van der Waals surface area contributed by atoms with Gasteiger partial charge in [0.15, 0.2) is 0 Å². The Morgan fingerprint density at radius 2 is 1.92 bits per heavy atom. The van der Waals surface area contributed by atoms with Crippen molar-refractivity contribution in [1.82, 2.24) is 5.32 Å². The summed E-state index contributed by atoms with van der Waals surface area (Å²) in [6, 6.07) is 14.4. The van der Waals surface area contributed by atoms with Gasteiger partial charge in [-0.2, -0.15) is 0 Å². The quantitative estimate of drug-likeness (QED) is 0.589. The molecule has 0 bridgehead atoms. The van der Waals surface area contributed by atoms with E-state index < -0.39 is 11.9 Å². The Morgan fingerprint density at radius 3 is 2.69 bits per heavy atom. The van der Waals surface area contributed by atoms with Crippen LogP contribution in [0.25, 0.3) is 0 Å². The lowest BCUT2D eigenvalue weighted by molar-refractivity contribution is -0.124. The van der Waals surface area contributed by atoms with Gasteiger partial charge in [0, 0.05) is 26.1 Å². The number of fused-ring (bicyclic) bond motifs is 1. The lowest BCUT2D eigenvalue weighted by Crippen LogP contribution is -2.50. The zero-order valence-corrected chi connectivity index (χ0v) is 20.4. The number of hydrogen-bond acceptors (Lipinski definition) is 6. The number of hydrogen-bond donors (Lipinski definition) is 1. The van der Waals surface area contributed by atoms with Gasteiger partial charge >= 0.3 is 0 Å². The number of carbonyl (C=O) groups excluding carboxylic acids is 3. The number of anilines is 1. The van der Waals surface area contributed by atoms with Gasteiger partial charge in [0.05, 0.1) is 11.7 Å². The number of carbonyl (C=O) groups is 3. The number of aryl methyl sites for hydroxylation is 1. The number of aliphatic imine (C=N–C) groups is 2. The molecule has 8 nitrogen and oxygen atoms in total. The number of benzene rings is 2. The highest BCUT2D eigenvalue weighted by atomic mass is 16.5. The first kappa shape index (κ1) is 23.9. The van der Waals surface area contributed by atoms with Crippen LogP contribution >= 0.6 is 0 Å². The second kappa shape index (κ2) is 10.4. The molecule has 2 aromatic carbocycles. The minimum atomic E-state index is -0.871. The fourth-order valence-corrected chi connectivity index (χ4v) is 4.51. The Balaban J connectivity index is 1.19. The Kier molecular flexibility index (Phi) is 6.93. The molecule has 0 aromatic heterocycles. The summed E-state index contributed by atoms with van der Waals surface area (Å²) in [6.07, 6.45) is 6.45. The lowest BCUT2D eigenvalue weighted by Gasteiger charge is -2.20. The van der Waals surface area contributed by atoms with Crippen LogP contribution in [0.3, 0.4) is 0 Å². The van der Waals surface area contributed by atoms with Crippen molar-refractivity contribution in [2.75, 3.05) is 18.6 Å². The summed E-state index contributed by atoms with van der Waals surface area (Å²) in [7, 11) is 1.66. The molecule has 0 saturated heterocycles. The third-order valence-electron chi connectivity index (χ3n) is 6.78. The molecule has 2 aromatic rings. The molecule has 1 fully saturated rings. The summed E-state index contributed by atoms with van der Waals surface area (Å²) in [5.74, 6) is 0.718. The lowest BCUT2D eigenvalue weighted by atomic mass is 10.0. The van der Waals surface area contributed by atoms with E-state index in [1.165, 1.54) is 17.7 Å². The zero-order valence-electron chi connectivity index (χ0n) is 20.4. The summed E-state index contributed by atoms with van der Waals surface area (Å²) in [5, 5.41) is 2.73. The van der Waals surface area contributed by atoms with Gasteiger partial charge in [0.2, 0.25) is 5.84 Å². The van der Waals surface area contributed by atoms with Gasteiger partial charge < -0.3 is 15.0 Å². The number of ketones is 1. The Bertz CT molecular complexity index is 1220. The second-order valence-electron chi connectivity index (χ2n) is 9.71. The van der Waals surface area contributed by atoms with Gasteiger partial charge in [-0.1, -0.05) is 36.4 Å². The smallest absolute Gasteiger partial charge is 0.289 e. The van der Waals surface area contributed by atoms with Crippen molar-refractivity contribution >= 4 is 35.3 Å².